The summed E-state index contributed by atoms with van der Waals surface area (Å²) in [5.41, 5.74) is 1.44. The number of ether oxygens (including phenoxy) is 1. The van der Waals surface area contributed by atoms with Gasteiger partial charge in [-0.25, -0.2) is 9.18 Å². The van der Waals surface area contributed by atoms with Crippen LogP contribution in [0.15, 0.2) is 42.7 Å². The van der Waals surface area contributed by atoms with Gasteiger partial charge in [0.2, 0.25) is 5.91 Å². The van der Waals surface area contributed by atoms with Crippen LogP contribution in [0.5, 0.6) is 0 Å². The van der Waals surface area contributed by atoms with Gasteiger partial charge in [0.25, 0.3) is 0 Å². The largest absolute Gasteiger partial charge is 0.465 e. The molecule has 5 nitrogen and oxygen atoms in total. The molecule has 0 aliphatic rings. The van der Waals surface area contributed by atoms with Crippen LogP contribution in [0, 0.1) is 5.82 Å². The molecule has 0 saturated carbocycles. The maximum atomic E-state index is 13.1. The first-order valence-corrected chi connectivity index (χ1v) is 7.06. The number of hydrogen-bond donors (Lipinski definition) is 0. The van der Waals surface area contributed by atoms with Crippen LogP contribution >= 0.6 is 0 Å². The summed E-state index contributed by atoms with van der Waals surface area (Å²) in [6, 6.07) is 8.06. The van der Waals surface area contributed by atoms with Crippen molar-refractivity contribution >= 4 is 17.6 Å². The van der Waals surface area contributed by atoms with Gasteiger partial charge >= 0.3 is 5.97 Å². The quantitative estimate of drug-likeness (QED) is 0.796. The van der Waals surface area contributed by atoms with Crippen LogP contribution in [0.4, 0.5) is 10.1 Å². The summed E-state index contributed by atoms with van der Waals surface area (Å²) in [6.07, 6.45) is 3.19. The van der Waals surface area contributed by atoms with Gasteiger partial charge in [-0.2, -0.15) is 0 Å². The smallest absolute Gasteiger partial charge is 0.339 e. The number of anilines is 1. The minimum Gasteiger partial charge on any atom is -0.465 e. The van der Waals surface area contributed by atoms with E-state index in [4.69, 9.17) is 4.74 Å². The van der Waals surface area contributed by atoms with E-state index in [1.165, 1.54) is 24.3 Å². The van der Waals surface area contributed by atoms with Crippen LogP contribution < -0.4 is 4.90 Å². The lowest BCUT2D eigenvalue weighted by Crippen LogP contribution is -2.28. The molecule has 1 aromatic carbocycles. The van der Waals surface area contributed by atoms with Gasteiger partial charge in [-0.15, -0.1) is 0 Å². The van der Waals surface area contributed by atoms with Crippen molar-refractivity contribution in [2.24, 2.45) is 0 Å². The van der Waals surface area contributed by atoms with Gasteiger partial charge in [-0.1, -0.05) is 12.1 Å². The highest BCUT2D eigenvalue weighted by Gasteiger charge is 2.18. The molecule has 1 heterocycles. The molecule has 0 fully saturated rings. The Bertz CT molecular complexity index is 718. The fourth-order valence-corrected chi connectivity index (χ4v) is 2.19. The van der Waals surface area contributed by atoms with Crippen LogP contribution in [0.25, 0.3) is 0 Å². The third-order valence-corrected chi connectivity index (χ3v) is 3.43. The molecule has 0 bridgehead atoms. The number of pyridine rings is 1. The maximum absolute atomic E-state index is 13.1. The van der Waals surface area contributed by atoms with Crippen LogP contribution in [-0.4, -0.2) is 31.0 Å². The van der Waals surface area contributed by atoms with Crippen LogP contribution in [-0.2, 0) is 16.0 Å². The number of rotatable bonds is 5. The number of methoxy groups -OCH3 is 1. The standard InChI is InChI=1S/C17H17FN2O3/c1-20(15-6-4-3-5-14(15)17(22)23-2)16(21)8-7-12-9-13(18)11-19-10-12/h3-6,9-11H,7-8H2,1-2H3. The van der Waals surface area contributed by atoms with Crippen molar-refractivity contribution in [1.82, 2.24) is 4.98 Å². The molecule has 2 rings (SSSR count). The molecular formula is C17H17FN2O3. The second-order valence-corrected chi connectivity index (χ2v) is 4.97. The van der Waals surface area contributed by atoms with Gasteiger partial charge in [-0.3, -0.25) is 9.78 Å². The molecule has 120 valence electrons. The second-order valence-electron chi connectivity index (χ2n) is 4.97. The van der Waals surface area contributed by atoms with Crippen molar-refractivity contribution in [2.45, 2.75) is 12.8 Å². The summed E-state index contributed by atoms with van der Waals surface area (Å²) < 4.78 is 17.8. The van der Waals surface area contributed by atoms with Gasteiger partial charge in [0, 0.05) is 19.7 Å². The molecule has 1 aromatic heterocycles. The van der Waals surface area contributed by atoms with E-state index in [1.807, 2.05) is 0 Å². The summed E-state index contributed by atoms with van der Waals surface area (Å²) >= 11 is 0. The Kier molecular flexibility index (Phi) is 5.41. The first kappa shape index (κ1) is 16.6. The molecule has 0 unspecified atom stereocenters. The lowest BCUT2D eigenvalue weighted by Gasteiger charge is -2.19. The minimum atomic E-state index is -0.505. The third kappa shape index (κ3) is 4.12. The van der Waals surface area contributed by atoms with E-state index in [1.54, 1.807) is 31.3 Å². The SMILES string of the molecule is COC(=O)c1ccccc1N(C)C(=O)CCc1cncc(F)c1. The molecule has 0 atom stereocenters. The van der Waals surface area contributed by atoms with E-state index in [-0.39, 0.29) is 12.3 Å². The summed E-state index contributed by atoms with van der Waals surface area (Å²) in [7, 11) is 2.88. The van der Waals surface area contributed by atoms with E-state index < -0.39 is 11.8 Å². The van der Waals surface area contributed by atoms with Crippen molar-refractivity contribution in [3.05, 3.63) is 59.7 Å². The van der Waals surface area contributed by atoms with Gasteiger partial charge < -0.3 is 9.64 Å². The fourth-order valence-electron chi connectivity index (χ4n) is 2.19. The second kappa shape index (κ2) is 7.49. The molecule has 0 radical (unpaired) electrons. The summed E-state index contributed by atoms with van der Waals surface area (Å²) in [5.74, 6) is -1.13. The lowest BCUT2D eigenvalue weighted by atomic mass is 10.1. The van der Waals surface area contributed by atoms with Crippen LogP contribution in [0.1, 0.15) is 22.3 Å². The Balaban J connectivity index is 2.09. The average Bonchev–Trinajstić information content (AvgIpc) is 2.58. The number of esters is 1. The molecule has 0 N–H and O–H groups in total. The fraction of sp³-hybridized carbons (Fsp3) is 0.235. The minimum absolute atomic E-state index is 0.178. The summed E-state index contributed by atoms with van der Waals surface area (Å²) in [5, 5.41) is 0. The number of aryl methyl sites for hydroxylation is 1. The molecule has 0 spiro atoms. The highest BCUT2D eigenvalue weighted by molar-refractivity contribution is 6.02. The highest BCUT2D eigenvalue weighted by atomic mass is 19.1. The summed E-state index contributed by atoms with van der Waals surface area (Å²) in [6.45, 7) is 0. The van der Waals surface area contributed by atoms with Crippen LogP contribution in [0.3, 0.4) is 0 Å². The highest BCUT2D eigenvalue weighted by Crippen LogP contribution is 2.21. The molecule has 1 amide bonds. The first-order chi connectivity index (χ1) is 11.0. The van der Waals surface area contributed by atoms with E-state index in [2.05, 4.69) is 4.98 Å². The Morgan fingerprint density at radius 1 is 1.26 bits per heavy atom. The normalized spacial score (nSPS) is 10.2. The summed E-state index contributed by atoms with van der Waals surface area (Å²) in [4.78, 5) is 29.2. The number of hydrogen-bond acceptors (Lipinski definition) is 4. The predicted octanol–water partition coefficient (Wildman–Crippen LogP) is 2.60. The monoisotopic (exact) mass is 316 g/mol. The Morgan fingerprint density at radius 3 is 2.70 bits per heavy atom. The number of carbonyl (C=O) groups is 2. The van der Waals surface area contributed by atoms with Crippen molar-refractivity contribution in [3.8, 4) is 0 Å². The average molecular weight is 316 g/mol. The van der Waals surface area contributed by atoms with Crippen molar-refractivity contribution in [3.63, 3.8) is 0 Å². The van der Waals surface area contributed by atoms with Crippen LogP contribution in [0.2, 0.25) is 0 Å². The number of halogens is 1. The molecule has 2 aromatic rings. The Morgan fingerprint density at radius 2 is 2.00 bits per heavy atom. The van der Waals surface area contributed by atoms with Crippen molar-refractivity contribution in [1.29, 1.82) is 0 Å². The number of amides is 1. The van der Waals surface area contributed by atoms with E-state index in [0.717, 1.165) is 6.20 Å². The zero-order chi connectivity index (χ0) is 16.8. The zero-order valence-electron chi connectivity index (χ0n) is 13.0. The maximum Gasteiger partial charge on any atom is 0.339 e. The molecule has 0 aliphatic heterocycles. The number of carbonyl (C=O) groups excluding carboxylic acids is 2. The number of benzene rings is 1. The van der Waals surface area contributed by atoms with Crippen molar-refractivity contribution < 1.29 is 18.7 Å². The van der Waals surface area contributed by atoms with E-state index >= 15 is 0 Å². The predicted molar refractivity (Wildman–Crippen MR) is 83.7 cm³/mol. The van der Waals surface area contributed by atoms with E-state index in [0.29, 0.717) is 23.2 Å². The Hall–Kier alpha value is -2.76. The number of nitrogens with zero attached hydrogens (tertiary/aromatic N) is 2. The van der Waals surface area contributed by atoms with Gasteiger partial charge in [-0.05, 0) is 30.2 Å². The molecule has 6 heteroatoms. The molecular weight excluding hydrogens is 299 g/mol. The zero-order valence-corrected chi connectivity index (χ0v) is 13.0. The molecule has 0 saturated heterocycles. The lowest BCUT2D eigenvalue weighted by molar-refractivity contribution is -0.118. The van der Waals surface area contributed by atoms with Gasteiger partial charge in [0.05, 0.1) is 24.6 Å². The molecule has 23 heavy (non-hydrogen) atoms. The number of aromatic nitrogens is 1. The topological polar surface area (TPSA) is 59.5 Å². The number of para-hydroxylation sites is 1. The first-order valence-electron chi connectivity index (χ1n) is 7.06. The molecule has 0 aliphatic carbocycles. The van der Waals surface area contributed by atoms with E-state index in [9.17, 15) is 14.0 Å². The Labute approximate surface area is 133 Å². The van der Waals surface area contributed by atoms with Gasteiger partial charge in [0.15, 0.2) is 0 Å². The third-order valence-electron chi connectivity index (χ3n) is 3.43. The van der Waals surface area contributed by atoms with Gasteiger partial charge in [0.1, 0.15) is 5.82 Å². The van der Waals surface area contributed by atoms with Crippen molar-refractivity contribution in [2.75, 3.05) is 19.1 Å².